The van der Waals surface area contributed by atoms with Crippen LogP contribution in [0.25, 0.3) is 0 Å². The average Bonchev–Trinajstić information content (AvgIpc) is 2.16. The van der Waals surface area contributed by atoms with Crippen molar-refractivity contribution in [1.82, 2.24) is 4.90 Å². The zero-order chi connectivity index (χ0) is 8.97. The molecule has 72 valence electrons. The summed E-state index contributed by atoms with van der Waals surface area (Å²) in [4.78, 5) is 2.71. The average molecular weight is 169 g/mol. The third kappa shape index (κ3) is 2.01. The molecule has 1 aliphatic rings. The molecule has 0 bridgehead atoms. The van der Waals surface area contributed by atoms with E-state index in [0.717, 1.165) is 12.1 Å². The molecule has 2 atom stereocenters. The minimum atomic E-state index is 0.883. The van der Waals surface area contributed by atoms with Crippen LogP contribution in [0, 0.1) is 0 Å². The second kappa shape index (κ2) is 4.86. The smallest absolute Gasteiger partial charge is 0.00954 e. The van der Waals surface area contributed by atoms with Crippen LogP contribution in [0.5, 0.6) is 0 Å². The van der Waals surface area contributed by atoms with Crippen molar-refractivity contribution in [3.05, 3.63) is 0 Å². The Bertz CT molecular complexity index is 110. The first-order valence-corrected chi connectivity index (χ1v) is 5.59. The summed E-state index contributed by atoms with van der Waals surface area (Å²) in [5.41, 5.74) is 0. The van der Waals surface area contributed by atoms with Gasteiger partial charge in [-0.2, -0.15) is 0 Å². The summed E-state index contributed by atoms with van der Waals surface area (Å²) in [6.45, 7) is 8.20. The molecular formula is C11H23N. The summed E-state index contributed by atoms with van der Waals surface area (Å²) >= 11 is 0. The van der Waals surface area contributed by atoms with Gasteiger partial charge in [-0.25, -0.2) is 0 Å². The summed E-state index contributed by atoms with van der Waals surface area (Å²) in [5.74, 6) is 0. The van der Waals surface area contributed by atoms with E-state index in [1.54, 1.807) is 0 Å². The van der Waals surface area contributed by atoms with Crippen LogP contribution in [0.15, 0.2) is 0 Å². The number of hydrogen-bond acceptors (Lipinski definition) is 1. The molecule has 12 heavy (non-hydrogen) atoms. The van der Waals surface area contributed by atoms with Crippen molar-refractivity contribution in [2.45, 2.75) is 65.0 Å². The van der Waals surface area contributed by atoms with Crippen LogP contribution >= 0.6 is 0 Å². The topological polar surface area (TPSA) is 3.24 Å². The van der Waals surface area contributed by atoms with E-state index >= 15 is 0 Å². The normalized spacial score (nSPS) is 32.2. The van der Waals surface area contributed by atoms with Crippen LogP contribution < -0.4 is 0 Å². The summed E-state index contributed by atoms with van der Waals surface area (Å²) in [6, 6.07) is 1.77. The Labute approximate surface area is 77.1 Å². The van der Waals surface area contributed by atoms with Gasteiger partial charge in [-0.3, -0.25) is 4.90 Å². The minimum Gasteiger partial charge on any atom is -0.298 e. The maximum Gasteiger partial charge on any atom is 0.00954 e. The van der Waals surface area contributed by atoms with Crippen molar-refractivity contribution in [3.8, 4) is 0 Å². The molecule has 0 aromatic heterocycles. The summed E-state index contributed by atoms with van der Waals surface area (Å²) in [6.07, 6.45) is 6.99. The SMILES string of the molecule is CCC1CCCC(CC)N1CC. The molecule has 2 unspecified atom stereocenters. The van der Waals surface area contributed by atoms with E-state index in [0.29, 0.717) is 0 Å². The first-order chi connectivity index (χ1) is 5.83. The molecule has 0 aromatic carbocycles. The zero-order valence-electron chi connectivity index (χ0n) is 8.84. The highest BCUT2D eigenvalue weighted by Crippen LogP contribution is 2.25. The molecule has 0 spiro atoms. The molecule has 0 aromatic rings. The van der Waals surface area contributed by atoms with Crippen molar-refractivity contribution >= 4 is 0 Å². The van der Waals surface area contributed by atoms with E-state index in [1.807, 2.05) is 0 Å². The fourth-order valence-electron chi connectivity index (χ4n) is 2.61. The summed E-state index contributed by atoms with van der Waals surface area (Å²) < 4.78 is 0. The summed E-state index contributed by atoms with van der Waals surface area (Å²) in [7, 11) is 0. The fraction of sp³-hybridized carbons (Fsp3) is 1.00. The number of likely N-dealkylation sites (tertiary alicyclic amines) is 1. The number of nitrogens with zero attached hydrogens (tertiary/aromatic N) is 1. The molecule has 1 nitrogen and oxygen atoms in total. The van der Waals surface area contributed by atoms with Gasteiger partial charge < -0.3 is 0 Å². The lowest BCUT2D eigenvalue weighted by Gasteiger charge is -2.41. The lowest BCUT2D eigenvalue weighted by molar-refractivity contribution is 0.0839. The van der Waals surface area contributed by atoms with E-state index in [4.69, 9.17) is 0 Å². The van der Waals surface area contributed by atoms with Crippen LogP contribution in [0.3, 0.4) is 0 Å². The predicted octanol–water partition coefficient (Wildman–Crippen LogP) is 3.05. The fourth-order valence-corrected chi connectivity index (χ4v) is 2.61. The van der Waals surface area contributed by atoms with Gasteiger partial charge in [-0.1, -0.05) is 27.2 Å². The highest BCUT2D eigenvalue weighted by atomic mass is 15.2. The predicted molar refractivity (Wildman–Crippen MR) is 54.4 cm³/mol. The summed E-state index contributed by atoms with van der Waals surface area (Å²) in [5, 5.41) is 0. The van der Waals surface area contributed by atoms with Gasteiger partial charge in [-0.15, -0.1) is 0 Å². The van der Waals surface area contributed by atoms with Gasteiger partial charge in [0.15, 0.2) is 0 Å². The Hall–Kier alpha value is -0.0400. The Morgan fingerprint density at radius 2 is 1.50 bits per heavy atom. The highest BCUT2D eigenvalue weighted by molar-refractivity contribution is 4.82. The van der Waals surface area contributed by atoms with Crippen molar-refractivity contribution in [3.63, 3.8) is 0 Å². The van der Waals surface area contributed by atoms with Gasteiger partial charge in [0.05, 0.1) is 0 Å². The first kappa shape index (κ1) is 10.0. The van der Waals surface area contributed by atoms with Gasteiger partial charge in [0.25, 0.3) is 0 Å². The molecular weight excluding hydrogens is 146 g/mol. The lowest BCUT2D eigenvalue weighted by Crippen LogP contribution is -2.45. The van der Waals surface area contributed by atoms with Crippen LogP contribution in [-0.4, -0.2) is 23.5 Å². The molecule has 1 saturated heterocycles. The van der Waals surface area contributed by atoms with Crippen molar-refractivity contribution in [1.29, 1.82) is 0 Å². The molecule has 1 fully saturated rings. The Balaban J connectivity index is 2.52. The van der Waals surface area contributed by atoms with E-state index in [9.17, 15) is 0 Å². The monoisotopic (exact) mass is 169 g/mol. The van der Waals surface area contributed by atoms with Crippen LogP contribution in [-0.2, 0) is 0 Å². The van der Waals surface area contributed by atoms with Gasteiger partial charge in [0, 0.05) is 12.1 Å². The van der Waals surface area contributed by atoms with E-state index in [-0.39, 0.29) is 0 Å². The Morgan fingerprint density at radius 3 is 1.83 bits per heavy atom. The number of piperidine rings is 1. The van der Waals surface area contributed by atoms with E-state index in [1.165, 1.54) is 38.6 Å². The largest absolute Gasteiger partial charge is 0.298 e. The van der Waals surface area contributed by atoms with Gasteiger partial charge in [-0.05, 0) is 32.2 Å². The molecule has 1 heteroatoms. The van der Waals surface area contributed by atoms with Crippen molar-refractivity contribution in [2.75, 3.05) is 6.54 Å². The Morgan fingerprint density at radius 1 is 1.00 bits per heavy atom. The molecule has 0 N–H and O–H groups in total. The third-order valence-corrected chi connectivity index (χ3v) is 3.32. The molecule has 1 heterocycles. The van der Waals surface area contributed by atoms with Gasteiger partial charge >= 0.3 is 0 Å². The van der Waals surface area contributed by atoms with Gasteiger partial charge in [0.1, 0.15) is 0 Å². The molecule has 0 amide bonds. The lowest BCUT2D eigenvalue weighted by atomic mass is 9.93. The van der Waals surface area contributed by atoms with Crippen LogP contribution in [0.1, 0.15) is 52.9 Å². The van der Waals surface area contributed by atoms with Crippen molar-refractivity contribution < 1.29 is 0 Å². The van der Waals surface area contributed by atoms with Gasteiger partial charge in [0.2, 0.25) is 0 Å². The molecule has 0 aliphatic carbocycles. The third-order valence-electron chi connectivity index (χ3n) is 3.32. The highest BCUT2D eigenvalue weighted by Gasteiger charge is 2.26. The Kier molecular flexibility index (Phi) is 4.07. The second-order valence-corrected chi connectivity index (χ2v) is 3.89. The van der Waals surface area contributed by atoms with Crippen LogP contribution in [0.4, 0.5) is 0 Å². The molecule has 0 radical (unpaired) electrons. The molecule has 0 saturated carbocycles. The van der Waals surface area contributed by atoms with E-state index in [2.05, 4.69) is 25.7 Å². The number of rotatable bonds is 3. The van der Waals surface area contributed by atoms with Crippen LogP contribution in [0.2, 0.25) is 0 Å². The standard InChI is InChI=1S/C11H23N/c1-4-10-8-7-9-11(5-2)12(10)6-3/h10-11H,4-9H2,1-3H3. The zero-order valence-corrected chi connectivity index (χ0v) is 8.84. The second-order valence-electron chi connectivity index (χ2n) is 3.89. The number of hydrogen-bond donors (Lipinski definition) is 0. The molecule has 1 aliphatic heterocycles. The van der Waals surface area contributed by atoms with Crippen molar-refractivity contribution in [2.24, 2.45) is 0 Å². The minimum absolute atomic E-state index is 0.883. The maximum absolute atomic E-state index is 2.71. The molecule has 1 rings (SSSR count). The van der Waals surface area contributed by atoms with E-state index < -0.39 is 0 Å². The first-order valence-electron chi connectivity index (χ1n) is 5.59. The quantitative estimate of drug-likeness (QED) is 0.627. The maximum atomic E-state index is 2.71.